The van der Waals surface area contributed by atoms with Gasteiger partial charge in [-0.3, -0.25) is 0 Å². The summed E-state index contributed by atoms with van der Waals surface area (Å²) < 4.78 is 53.8. The van der Waals surface area contributed by atoms with Crippen LogP contribution >= 0.6 is 0 Å². The van der Waals surface area contributed by atoms with Gasteiger partial charge in [0.25, 0.3) is 6.43 Å². The molecule has 0 heterocycles. The summed E-state index contributed by atoms with van der Waals surface area (Å²) in [4.78, 5) is 0. The monoisotopic (exact) mass is 194 g/mol. The predicted octanol–water partition coefficient (Wildman–Crippen LogP) is 2.91. The third kappa shape index (κ3) is 1.91. The van der Waals surface area contributed by atoms with Crippen molar-refractivity contribution < 1.29 is 22.3 Å². The minimum Gasteiger partial charge on any atom is -0.494 e. The average Bonchev–Trinajstić information content (AvgIpc) is 2.09. The summed E-state index contributed by atoms with van der Waals surface area (Å²) in [7, 11) is 1.08. The molecular weight excluding hydrogens is 188 g/mol. The molecule has 0 aliphatic carbocycles. The predicted molar refractivity (Wildman–Crippen MR) is 37.9 cm³/mol. The molecule has 0 fully saturated rings. The number of methoxy groups -OCH3 is 1. The maximum absolute atomic E-state index is 12.7. The molecule has 0 amide bonds. The van der Waals surface area contributed by atoms with Gasteiger partial charge in [0.2, 0.25) is 5.82 Å². The van der Waals surface area contributed by atoms with Gasteiger partial charge in [0, 0.05) is 5.56 Å². The zero-order valence-electron chi connectivity index (χ0n) is 6.65. The Morgan fingerprint density at radius 2 is 1.85 bits per heavy atom. The van der Waals surface area contributed by atoms with Gasteiger partial charge in [-0.2, -0.15) is 4.39 Å². The van der Waals surface area contributed by atoms with Crippen LogP contribution in [0.3, 0.4) is 0 Å². The maximum Gasteiger partial charge on any atom is 0.264 e. The highest BCUT2D eigenvalue weighted by molar-refractivity contribution is 5.31. The summed E-state index contributed by atoms with van der Waals surface area (Å²) in [5.41, 5.74) is -0.601. The first-order chi connectivity index (χ1) is 6.06. The molecule has 1 rings (SSSR count). The normalized spacial score (nSPS) is 10.6. The first kappa shape index (κ1) is 9.83. The van der Waals surface area contributed by atoms with E-state index in [0.29, 0.717) is 6.07 Å². The largest absolute Gasteiger partial charge is 0.494 e. The molecule has 13 heavy (non-hydrogen) atoms. The fraction of sp³-hybridized carbons (Fsp3) is 0.250. The molecule has 5 heteroatoms. The van der Waals surface area contributed by atoms with Crippen molar-refractivity contribution >= 4 is 0 Å². The summed E-state index contributed by atoms with van der Waals surface area (Å²) >= 11 is 0. The van der Waals surface area contributed by atoms with Gasteiger partial charge >= 0.3 is 0 Å². The smallest absolute Gasteiger partial charge is 0.264 e. The molecule has 1 nitrogen and oxygen atoms in total. The van der Waals surface area contributed by atoms with Gasteiger partial charge in [0.1, 0.15) is 0 Å². The standard InChI is InChI=1S/C8H6F4O/c1-13-6-3-4(8(11)12)2-5(9)7(6)10/h2-3,8H,1H3. The van der Waals surface area contributed by atoms with Gasteiger partial charge in [0.15, 0.2) is 11.6 Å². The molecule has 0 aromatic heterocycles. The Morgan fingerprint density at radius 1 is 1.23 bits per heavy atom. The Kier molecular flexibility index (Phi) is 2.75. The fourth-order valence-electron chi connectivity index (χ4n) is 0.858. The number of hydrogen-bond donors (Lipinski definition) is 0. The second kappa shape index (κ2) is 3.64. The van der Waals surface area contributed by atoms with Crippen LogP contribution in [0.5, 0.6) is 5.75 Å². The average molecular weight is 194 g/mol. The van der Waals surface area contributed by atoms with Crippen molar-refractivity contribution in [2.75, 3.05) is 7.11 Å². The topological polar surface area (TPSA) is 9.23 Å². The van der Waals surface area contributed by atoms with Crippen LogP contribution in [0.4, 0.5) is 17.6 Å². The van der Waals surface area contributed by atoms with Crippen LogP contribution in [0.2, 0.25) is 0 Å². The minimum atomic E-state index is -2.84. The quantitative estimate of drug-likeness (QED) is 0.657. The molecule has 0 aliphatic heterocycles. The number of halogens is 4. The Balaban J connectivity index is 3.22. The third-order valence-corrected chi connectivity index (χ3v) is 1.49. The van der Waals surface area contributed by atoms with Gasteiger partial charge in [-0.15, -0.1) is 0 Å². The molecule has 1 aromatic rings. The van der Waals surface area contributed by atoms with Crippen LogP contribution < -0.4 is 4.74 Å². The number of benzene rings is 1. The second-order valence-corrected chi connectivity index (χ2v) is 2.32. The van der Waals surface area contributed by atoms with Crippen molar-refractivity contribution in [3.05, 3.63) is 29.3 Å². The molecule has 0 radical (unpaired) electrons. The highest BCUT2D eigenvalue weighted by Gasteiger charge is 2.15. The van der Waals surface area contributed by atoms with Gasteiger partial charge in [-0.25, -0.2) is 13.2 Å². The molecule has 0 saturated heterocycles. The SMILES string of the molecule is COc1cc(C(F)F)cc(F)c1F. The van der Waals surface area contributed by atoms with E-state index < -0.39 is 29.4 Å². The van der Waals surface area contributed by atoms with Crippen LogP contribution in [0.1, 0.15) is 12.0 Å². The van der Waals surface area contributed by atoms with Crippen molar-refractivity contribution in [3.8, 4) is 5.75 Å². The Morgan fingerprint density at radius 3 is 2.31 bits per heavy atom. The van der Waals surface area contributed by atoms with Gasteiger partial charge in [-0.05, 0) is 12.1 Å². The van der Waals surface area contributed by atoms with E-state index in [-0.39, 0.29) is 0 Å². The van der Waals surface area contributed by atoms with E-state index in [2.05, 4.69) is 4.74 Å². The Bertz CT molecular complexity index is 311. The number of rotatable bonds is 2. The van der Waals surface area contributed by atoms with Crippen LogP contribution in [0.15, 0.2) is 12.1 Å². The van der Waals surface area contributed by atoms with Crippen molar-refractivity contribution in [1.29, 1.82) is 0 Å². The zero-order chi connectivity index (χ0) is 10.0. The minimum absolute atomic E-state index is 0.447. The lowest BCUT2D eigenvalue weighted by Gasteiger charge is -2.05. The summed E-state index contributed by atoms with van der Waals surface area (Å²) in [6, 6.07) is 1.21. The molecule has 0 N–H and O–H groups in total. The molecule has 0 bridgehead atoms. The third-order valence-electron chi connectivity index (χ3n) is 1.49. The van der Waals surface area contributed by atoms with Crippen LogP contribution in [0, 0.1) is 11.6 Å². The van der Waals surface area contributed by atoms with Gasteiger partial charge < -0.3 is 4.74 Å². The highest BCUT2D eigenvalue weighted by atomic mass is 19.3. The molecule has 0 atom stereocenters. The molecule has 72 valence electrons. The summed E-state index contributed by atoms with van der Waals surface area (Å²) in [5, 5.41) is 0. The molecule has 1 aromatic carbocycles. The molecule has 0 unspecified atom stereocenters. The first-order valence-electron chi connectivity index (χ1n) is 3.37. The van der Waals surface area contributed by atoms with E-state index in [0.717, 1.165) is 13.2 Å². The Hall–Kier alpha value is -1.26. The van der Waals surface area contributed by atoms with E-state index in [1.165, 1.54) is 0 Å². The summed E-state index contributed by atoms with van der Waals surface area (Å²) in [5.74, 6) is -3.11. The Labute approximate surface area is 71.9 Å². The lowest BCUT2D eigenvalue weighted by atomic mass is 10.2. The second-order valence-electron chi connectivity index (χ2n) is 2.32. The lowest BCUT2D eigenvalue weighted by Crippen LogP contribution is -1.95. The molecule has 0 saturated carbocycles. The van der Waals surface area contributed by atoms with E-state index >= 15 is 0 Å². The summed E-state index contributed by atoms with van der Waals surface area (Å²) in [6.45, 7) is 0. The number of hydrogen-bond acceptors (Lipinski definition) is 1. The van der Waals surface area contributed by atoms with E-state index in [1.54, 1.807) is 0 Å². The number of ether oxygens (including phenoxy) is 1. The van der Waals surface area contributed by atoms with E-state index in [1.807, 2.05) is 0 Å². The lowest BCUT2D eigenvalue weighted by molar-refractivity contribution is 0.150. The number of alkyl halides is 2. The van der Waals surface area contributed by atoms with Crippen LogP contribution in [0.25, 0.3) is 0 Å². The molecule has 0 aliphatic rings. The van der Waals surface area contributed by atoms with E-state index in [9.17, 15) is 17.6 Å². The highest BCUT2D eigenvalue weighted by Crippen LogP contribution is 2.27. The van der Waals surface area contributed by atoms with Crippen molar-refractivity contribution in [1.82, 2.24) is 0 Å². The fourth-order valence-corrected chi connectivity index (χ4v) is 0.858. The van der Waals surface area contributed by atoms with Crippen molar-refractivity contribution in [2.24, 2.45) is 0 Å². The van der Waals surface area contributed by atoms with Crippen molar-refractivity contribution in [2.45, 2.75) is 6.43 Å². The molecular formula is C8H6F4O. The van der Waals surface area contributed by atoms with Gasteiger partial charge in [-0.1, -0.05) is 0 Å². The van der Waals surface area contributed by atoms with Crippen LogP contribution in [-0.2, 0) is 0 Å². The van der Waals surface area contributed by atoms with E-state index in [4.69, 9.17) is 0 Å². The van der Waals surface area contributed by atoms with Crippen LogP contribution in [-0.4, -0.2) is 7.11 Å². The maximum atomic E-state index is 12.7. The van der Waals surface area contributed by atoms with Crippen molar-refractivity contribution in [3.63, 3.8) is 0 Å². The summed E-state index contributed by atoms with van der Waals surface area (Å²) in [6.07, 6.45) is -2.84. The van der Waals surface area contributed by atoms with Gasteiger partial charge in [0.05, 0.1) is 7.11 Å². The first-order valence-corrected chi connectivity index (χ1v) is 3.37. The zero-order valence-corrected chi connectivity index (χ0v) is 6.65. The molecule has 0 spiro atoms.